The van der Waals surface area contributed by atoms with E-state index in [-0.39, 0.29) is 31.2 Å². The Hall–Kier alpha value is -3.11. The summed E-state index contributed by atoms with van der Waals surface area (Å²) in [5, 5.41) is 13.6. The molecule has 10 heteroatoms. The van der Waals surface area contributed by atoms with Crippen molar-refractivity contribution in [3.63, 3.8) is 0 Å². The van der Waals surface area contributed by atoms with Gasteiger partial charge in [-0.2, -0.15) is 0 Å². The molecule has 28 heavy (non-hydrogen) atoms. The number of nitrogens with one attached hydrogen (secondary N) is 2. The summed E-state index contributed by atoms with van der Waals surface area (Å²) in [6.45, 7) is 0.274. The molecule has 0 aliphatic heterocycles. The van der Waals surface area contributed by atoms with Crippen molar-refractivity contribution in [3.05, 3.63) is 72.1 Å². The maximum atomic E-state index is 12.0. The molecule has 0 bridgehead atoms. The molecule has 3 aromatic rings. The molecule has 9 nitrogen and oxygen atoms in total. The quantitative estimate of drug-likeness (QED) is 0.538. The molecule has 1 aromatic heterocycles. The zero-order valence-electron chi connectivity index (χ0n) is 15.0. The number of amides is 1. The van der Waals surface area contributed by atoms with E-state index in [0.717, 1.165) is 16.8 Å². The van der Waals surface area contributed by atoms with Crippen LogP contribution in [0.4, 0.5) is 0 Å². The maximum Gasteiger partial charge on any atom is 0.224 e. The highest BCUT2D eigenvalue weighted by Gasteiger charge is 2.11. The van der Waals surface area contributed by atoms with Crippen molar-refractivity contribution in [2.75, 3.05) is 12.3 Å². The summed E-state index contributed by atoms with van der Waals surface area (Å²) < 4.78 is 28.1. The first-order valence-corrected chi connectivity index (χ1v) is 10.3. The number of rotatable bonds is 9. The number of sulfonamides is 1. The van der Waals surface area contributed by atoms with Gasteiger partial charge in [0.05, 0.1) is 17.9 Å². The number of benzene rings is 2. The number of aromatic nitrogens is 4. The Bertz CT molecular complexity index is 990. The molecule has 2 N–H and O–H groups in total. The first-order valence-electron chi connectivity index (χ1n) is 8.62. The van der Waals surface area contributed by atoms with Gasteiger partial charge in [0.25, 0.3) is 0 Å². The molecule has 0 aliphatic carbocycles. The summed E-state index contributed by atoms with van der Waals surface area (Å²) >= 11 is 0. The van der Waals surface area contributed by atoms with E-state index in [9.17, 15) is 13.2 Å². The lowest BCUT2D eigenvalue weighted by Gasteiger charge is -2.08. The van der Waals surface area contributed by atoms with Gasteiger partial charge in [0.1, 0.15) is 6.33 Å². The second-order valence-electron chi connectivity index (χ2n) is 6.07. The molecule has 1 amide bonds. The van der Waals surface area contributed by atoms with Crippen LogP contribution >= 0.6 is 0 Å². The van der Waals surface area contributed by atoms with Gasteiger partial charge in [0.2, 0.25) is 15.9 Å². The van der Waals surface area contributed by atoms with Crippen molar-refractivity contribution in [2.24, 2.45) is 0 Å². The molecule has 0 fully saturated rings. The Balaban J connectivity index is 1.41. The first-order chi connectivity index (χ1) is 13.5. The van der Waals surface area contributed by atoms with Crippen LogP contribution in [0, 0.1) is 0 Å². The number of carbonyl (C=O) groups excluding carboxylic acids is 1. The Morgan fingerprint density at radius 3 is 2.43 bits per heavy atom. The van der Waals surface area contributed by atoms with Crippen molar-refractivity contribution in [2.45, 2.75) is 13.0 Å². The summed E-state index contributed by atoms with van der Waals surface area (Å²) in [7, 11) is -3.47. The number of carbonyl (C=O) groups is 1. The normalized spacial score (nSPS) is 11.3. The van der Waals surface area contributed by atoms with Crippen LogP contribution in [0.2, 0.25) is 0 Å². The smallest absolute Gasteiger partial charge is 0.224 e. The summed E-state index contributed by atoms with van der Waals surface area (Å²) in [6.07, 6.45) is 1.64. The minimum atomic E-state index is -3.47. The lowest BCUT2D eigenvalue weighted by molar-refractivity contribution is -0.120. The fraction of sp³-hybridized carbons (Fsp3) is 0.222. The fourth-order valence-corrected chi connectivity index (χ4v) is 3.38. The predicted octanol–water partition coefficient (Wildman–Crippen LogP) is 0.441. The Morgan fingerprint density at radius 1 is 1.00 bits per heavy atom. The molecule has 2 aromatic carbocycles. The number of hydrogen-bond donors (Lipinski definition) is 2. The van der Waals surface area contributed by atoms with E-state index in [2.05, 4.69) is 25.6 Å². The number of hydrogen-bond acceptors (Lipinski definition) is 6. The monoisotopic (exact) mass is 400 g/mol. The highest BCUT2D eigenvalue weighted by atomic mass is 32.2. The van der Waals surface area contributed by atoms with Gasteiger partial charge in [0.15, 0.2) is 0 Å². The van der Waals surface area contributed by atoms with Crippen molar-refractivity contribution >= 4 is 15.9 Å². The molecule has 3 rings (SSSR count). The minimum Gasteiger partial charge on any atom is -0.355 e. The van der Waals surface area contributed by atoms with Gasteiger partial charge < -0.3 is 5.32 Å². The fourth-order valence-electron chi connectivity index (χ4n) is 2.48. The molecule has 0 spiro atoms. The van der Waals surface area contributed by atoms with Gasteiger partial charge in [-0.25, -0.2) is 17.8 Å². The highest BCUT2D eigenvalue weighted by molar-refractivity contribution is 7.89. The average Bonchev–Trinajstić information content (AvgIpc) is 3.23. The molecule has 0 radical (unpaired) electrons. The third kappa shape index (κ3) is 5.96. The standard InChI is InChI=1S/C18H20N6O3S/c25-18(12-15-6-8-17(9-7-15)24-14-20-22-23-24)19-10-11-28(26,27)21-13-16-4-2-1-3-5-16/h1-9,14,21H,10-13H2,(H,19,25). The zero-order chi connectivity index (χ0) is 19.8. The van der Waals surface area contributed by atoms with E-state index in [0.29, 0.717) is 0 Å². The lowest BCUT2D eigenvalue weighted by atomic mass is 10.1. The van der Waals surface area contributed by atoms with Crippen molar-refractivity contribution < 1.29 is 13.2 Å². The highest BCUT2D eigenvalue weighted by Crippen LogP contribution is 2.08. The predicted molar refractivity (Wildman–Crippen MR) is 103 cm³/mol. The van der Waals surface area contributed by atoms with E-state index in [1.165, 1.54) is 11.0 Å². The third-order valence-electron chi connectivity index (χ3n) is 3.95. The van der Waals surface area contributed by atoms with Gasteiger partial charge in [-0.15, -0.1) is 5.10 Å². The maximum absolute atomic E-state index is 12.0. The van der Waals surface area contributed by atoms with Crippen LogP contribution in [-0.4, -0.2) is 46.8 Å². The Labute approximate surface area is 162 Å². The van der Waals surface area contributed by atoms with Gasteiger partial charge >= 0.3 is 0 Å². The second-order valence-corrected chi connectivity index (χ2v) is 8.00. The first kappa shape index (κ1) is 19.6. The summed E-state index contributed by atoms with van der Waals surface area (Å²) in [5.74, 6) is -0.419. The van der Waals surface area contributed by atoms with Gasteiger partial charge in [0, 0.05) is 13.1 Å². The third-order valence-corrected chi connectivity index (χ3v) is 5.27. The van der Waals surface area contributed by atoms with E-state index in [1.807, 2.05) is 30.3 Å². The molecular weight excluding hydrogens is 380 g/mol. The van der Waals surface area contributed by atoms with Crippen molar-refractivity contribution in [1.82, 2.24) is 30.2 Å². The molecule has 0 saturated heterocycles. The molecule has 0 unspecified atom stereocenters. The number of nitrogens with zero attached hydrogens (tertiary/aromatic N) is 4. The summed E-state index contributed by atoms with van der Waals surface area (Å²) in [5.41, 5.74) is 2.46. The van der Waals surface area contributed by atoms with Crippen LogP contribution in [0.25, 0.3) is 5.69 Å². The van der Waals surface area contributed by atoms with Gasteiger partial charge in [-0.3, -0.25) is 4.79 Å². The topological polar surface area (TPSA) is 119 Å². The summed E-state index contributed by atoms with van der Waals surface area (Å²) in [4.78, 5) is 12.0. The molecule has 0 saturated carbocycles. The Kier molecular flexibility index (Phi) is 6.45. The molecule has 1 heterocycles. The van der Waals surface area contributed by atoms with E-state index >= 15 is 0 Å². The molecule has 146 valence electrons. The van der Waals surface area contributed by atoms with Gasteiger partial charge in [-0.1, -0.05) is 42.5 Å². The molecule has 0 aliphatic rings. The lowest BCUT2D eigenvalue weighted by Crippen LogP contribution is -2.34. The largest absolute Gasteiger partial charge is 0.355 e. The van der Waals surface area contributed by atoms with Crippen LogP contribution in [0.1, 0.15) is 11.1 Å². The number of tetrazole rings is 1. The van der Waals surface area contributed by atoms with Gasteiger partial charge in [-0.05, 0) is 33.7 Å². The van der Waals surface area contributed by atoms with E-state index in [4.69, 9.17) is 0 Å². The van der Waals surface area contributed by atoms with E-state index < -0.39 is 10.0 Å². The van der Waals surface area contributed by atoms with E-state index in [1.54, 1.807) is 24.3 Å². The van der Waals surface area contributed by atoms with Crippen LogP contribution in [0.3, 0.4) is 0 Å². The molecular formula is C18H20N6O3S. The minimum absolute atomic E-state index is 0.0473. The van der Waals surface area contributed by atoms with Crippen LogP contribution in [-0.2, 0) is 27.8 Å². The summed E-state index contributed by atoms with van der Waals surface area (Å²) in [6, 6.07) is 16.5. The average molecular weight is 400 g/mol. The SMILES string of the molecule is O=C(Cc1ccc(-n2cnnn2)cc1)NCCS(=O)(=O)NCc1ccccc1. The van der Waals surface area contributed by atoms with Crippen LogP contribution in [0.15, 0.2) is 60.9 Å². The molecule has 0 atom stereocenters. The van der Waals surface area contributed by atoms with Crippen LogP contribution < -0.4 is 10.0 Å². The second kappa shape index (κ2) is 9.20. The zero-order valence-corrected chi connectivity index (χ0v) is 15.8. The van der Waals surface area contributed by atoms with Crippen molar-refractivity contribution in [3.8, 4) is 5.69 Å². The van der Waals surface area contributed by atoms with Crippen LogP contribution in [0.5, 0.6) is 0 Å². The van der Waals surface area contributed by atoms with Crippen molar-refractivity contribution in [1.29, 1.82) is 0 Å². The Morgan fingerprint density at radius 2 is 1.75 bits per heavy atom.